The number of anilines is 1. The summed E-state index contributed by atoms with van der Waals surface area (Å²) in [6, 6.07) is 52.1. The van der Waals surface area contributed by atoms with E-state index in [1.807, 2.05) is 151 Å². The fourth-order valence-electron chi connectivity index (χ4n) is 8.60. The smallest absolute Gasteiger partial charge is 0.356 e. The van der Waals surface area contributed by atoms with Crippen LogP contribution in [-0.2, 0) is 41.2 Å². The molecule has 5 aromatic carbocycles. The van der Waals surface area contributed by atoms with Crippen molar-refractivity contribution in [2.75, 3.05) is 16.8 Å². The van der Waals surface area contributed by atoms with Crippen LogP contribution in [0.2, 0.25) is 0 Å². The fraction of sp³-hybridized carbons (Fsp3) is 0.193. The highest BCUT2D eigenvalue weighted by molar-refractivity contribution is 8.01. The molecule has 2 N–H and O–H groups in total. The number of amides is 2. The van der Waals surface area contributed by atoms with Crippen molar-refractivity contribution in [2.24, 2.45) is 7.05 Å². The summed E-state index contributed by atoms with van der Waals surface area (Å²) in [6.07, 6.45) is 4.28. The number of pyridine rings is 1. The number of thiazole rings is 1. The topological polar surface area (TPSA) is 131 Å². The number of aryl methyl sites for hydroxylation is 1. The van der Waals surface area contributed by atoms with Gasteiger partial charge in [-0.2, -0.15) is 0 Å². The average Bonchev–Trinajstić information content (AvgIpc) is 3.86. The Bertz CT molecular complexity index is 2940. The molecule has 2 aliphatic rings. The third-order valence-electron chi connectivity index (χ3n) is 11.9. The fourth-order valence-corrected chi connectivity index (χ4v) is 11.7. The first kappa shape index (κ1) is 51.4. The number of thioether (sulfide) groups is 2. The maximum Gasteiger partial charge on any atom is 0.356 e. The Labute approximate surface area is 438 Å². The van der Waals surface area contributed by atoms with Crippen LogP contribution in [0.1, 0.15) is 60.4 Å². The number of nitrogens with zero attached hydrogens (tertiary/aromatic N) is 3. The van der Waals surface area contributed by atoms with E-state index in [2.05, 4.69) is 47.0 Å². The molecule has 9 rings (SSSR count). The molecule has 2 atom stereocenters. The zero-order valence-corrected chi connectivity index (χ0v) is 43.1. The number of hydrogen-bond acceptors (Lipinski definition) is 11. The number of fused-ring (bicyclic) bond motifs is 1. The molecular weight excluding hydrogens is 982 g/mol. The maximum atomic E-state index is 14.7. The first-order valence-electron chi connectivity index (χ1n) is 23.1. The minimum absolute atomic E-state index is 0. The summed E-state index contributed by atoms with van der Waals surface area (Å²) in [6.45, 7) is 5.23. The van der Waals surface area contributed by atoms with E-state index in [-0.39, 0.29) is 29.4 Å². The Morgan fingerprint density at radius 2 is 1.31 bits per heavy atom. The van der Waals surface area contributed by atoms with Gasteiger partial charge in [-0.1, -0.05) is 152 Å². The molecule has 0 spiro atoms. The molecular formula is C57H52ClN5O6S3. The molecule has 0 bridgehead atoms. The van der Waals surface area contributed by atoms with E-state index >= 15 is 0 Å². The summed E-state index contributed by atoms with van der Waals surface area (Å²) in [5.41, 5.74) is 3.66. The molecule has 366 valence electrons. The van der Waals surface area contributed by atoms with Crippen LogP contribution in [0.4, 0.5) is 5.13 Å². The summed E-state index contributed by atoms with van der Waals surface area (Å²) < 4.78 is 14.0. The van der Waals surface area contributed by atoms with Crippen molar-refractivity contribution in [3.8, 4) is 0 Å². The van der Waals surface area contributed by atoms with E-state index < -0.39 is 52.4 Å². The quantitative estimate of drug-likeness (QED) is 0.0264. The largest absolute Gasteiger partial charge is 1.00 e. The van der Waals surface area contributed by atoms with Crippen molar-refractivity contribution >= 4 is 69.3 Å². The molecule has 0 radical (unpaired) electrons. The van der Waals surface area contributed by atoms with Crippen LogP contribution >= 0.6 is 34.9 Å². The highest BCUT2D eigenvalue weighted by Crippen LogP contribution is 2.44. The van der Waals surface area contributed by atoms with Gasteiger partial charge < -0.3 is 32.5 Å². The average molecular weight is 1030 g/mol. The number of esters is 2. The lowest BCUT2D eigenvalue weighted by atomic mass is 9.77. The van der Waals surface area contributed by atoms with Crippen molar-refractivity contribution < 1.29 is 45.6 Å². The summed E-state index contributed by atoms with van der Waals surface area (Å²) >= 11 is 4.29. The first-order chi connectivity index (χ1) is 34.4. The number of benzene rings is 5. The second kappa shape index (κ2) is 22.6. The molecule has 7 aromatic rings. The van der Waals surface area contributed by atoms with Gasteiger partial charge in [0.15, 0.2) is 23.6 Å². The molecule has 0 saturated carbocycles. The molecule has 4 heterocycles. The highest BCUT2D eigenvalue weighted by Gasteiger charge is 2.55. The first-order valence-corrected chi connectivity index (χ1v) is 26.0. The number of β-lactam (4-membered cyclic amide) rings is 1. The van der Waals surface area contributed by atoms with Crippen LogP contribution in [-0.4, -0.2) is 62.2 Å². The number of carbonyl (C=O) groups is 4. The monoisotopic (exact) mass is 1030 g/mol. The molecule has 1 fully saturated rings. The van der Waals surface area contributed by atoms with Gasteiger partial charge in [0.25, 0.3) is 11.8 Å². The summed E-state index contributed by atoms with van der Waals surface area (Å²) in [5.74, 6) is -1.77. The van der Waals surface area contributed by atoms with Crippen LogP contribution in [0.3, 0.4) is 0 Å². The van der Waals surface area contributed by atoms with Gasteiger partial charge in [-0.15, -0.1) is 34.9 Å². The van der Waals surface area contributed by atoms with Gasteiger partial charge in [0.1, 0.15) is 35.3 Å². The van der Waals surface area contributed by atoms with Crippen LogP contribution < -0.4 is 27.6 Å². The molecule has 2 aliphatic heterocycles. The Balaban J connectivity index is 0.00000693. The molecule has 2 aromatic heterocycles. The van der Waals surface area contributed by atoms with E-state index in [1.54, 1.807) is 37.9 Å². The van der Waals surface area contributed by atoms with E-state index in [1.165, 1.54) is 28.0 Å². The molecule has 1 saturated heterocycles. The van der Waals surface area contributed by atoms with Gasteiger partial charge in [0.05, 0.1) is 11.3 Å². The molecule has 15 heteroatoms. The van der Waals surface area contributed by atoms with E-state index in [4.69, 9.17) is 14.5 Å². The van der Waals surface area contributed by atoms with Crippen molar-refractivity contribution in [1.29, 1.82) is 0 Å². The molecule has 0 aliphatic carbocycles. The van der Waals surface area contributed by atoms with Crippen molar-refractivity contribution in [3.05, 3.63) is 232 Å². The van der Waals surface area contributed by atoms with Crippen molar-refractivity contribution in [3.63, 3.8) is 0 Å². The van der Waals surface area contributed by atoms with Gasteiger partial charge in [-0.25, -0.2) is 19.1 Å². The van der Waals surface area contributed by atoms with Crippen molar-refractivity contribution in [1.82, 2.24) is 15.2 Å². The van der Waals surface area contributed by atoms with E-state index in [0.717, 1.165) is 44.4 Å². The zero-order chi connectivity index (χ0) is 49.5. The lowest BCUT2D eigenvalue weighted by molar-refractivity contribution is -0.671. The second-order valence-corrected chi connectivity index (χ2v) is 21.0. The Morgan fingerprint density at radius 1 is 0.792 bits per heavy atom. The Morgan fingerprint density at radius 3 is 1.82 bits per heavy atom. The lowest BCUT2D eigenvalue weighted by Gasteiger charge is -2.50. The zero-order valence-electron chi connectivity index (χ0n) is 39.9. The molecule has 72 heavy (non-hydrogen) atoms. The van der Waals surface area contributed by atoms with Gasteiger partial charge in [-0.05, 0) is 54.2 Å². The number of hydrogen-bond donors (Lipinski definition) is 2. The predicted octanol–water partition coefficient (Wildman–Crippen LogP) is 6.88. The van der Waals surface area contributed by atoms with Gasteiger partial charge in [0.2, 0.25) is 0 Å². The van der Waals surface area contributed by atoms with Crippen LogP contribution in [0.5, 0.6) is 0 Å². The number of ether oxygens (including phenoxy) is 2. The number of aromatic nitrogens is 2. The molecule has 11 nitrogen and oxygen atoms in total. The maximum absolute atomic E-state index is 14.7. The summed E-state index contributed by atoms with van der Waals surface area (Å²) in [5, 5.41) is 8.21. The van der Waals surface area contributed by atoms with Crippen LogP contribution in [0, 0.1) is 0 Å². The summed E-state index contributed by atoms with van der Waals surface area (Å²) in [7, 11) is 1.95. The van der Waals surface area contributed by atoms with E-state index in [9.17, 15) is 19.2 Å². The van der Waals surface area contributed by atoms with E-state index in [0.29, 0.717) is 16.6 Å². The number of carbonyl (C=O) groups excluding carboxylic acids is 4. The number of nitrogens with one attached hydrogen (secondary N) is 2. The second-order valence-electron chi connectivity index (χ2n) is 18.0. The Kier molecular flexibility index (Phi) is 16.1. The van der Waals surface area contributed by atoms with Gasteiger partial charge in [0, 0.05) is 40.0 Å². The third-order valence-corrected chi connectivity index (χ3v) is 15.1. The minimum Gasteiger partial charge on any atom is -1.00 e. The normalized spacial score (nSPS) is 15.7. The molecule has 2 amide bonds. The Hall–Kier alpha value is -6.97. The van der Waals surface area contributed by atoms with Crippen molar-refractivity contribution in [2.45, 2.75) is 54.3 Å². The standard InChI is InChI=1S/C57H51N5O6S3.ClH/c1-56(2,3)68-47(63)34-45(46-37-71-55(58-46)60-57(41-24-14-7-15-25-41,42-26-16-8-17-27-42)43-28-18-9-19-29-43)51(64)59-48-52(65)62-49(40(36-70-53(48)62)35-69-44-30-32-61(4)33-31-44)54(66)67-50(38-20-10-5-11-21-38)39-22-12-6-13-23-39;/h5-34,37,48,50,53H,35-36H2,1-4H3,(H-,58,59,60,64);1H/t48?,53-;/m1./s1. The predicted molar refractivity (Wildman–Crippen MR) is 280 cm³/mol. The van der Waals surface area contributed by atoms with Crippen LogP contribution in [0.15, 0.2) is 204 Å². The van der Waals surface area contributed by atoms with Gasteiger partial charge in [-0.3, -0.25) is 14.5 Å². The van der Waals surface area contributed by atoms with Gasteiger partial charge >= 0.3 is 11.9 Å². The number of rotatable bonds is 16. The number of halogens is 1. The SMILES string of the molecule is C[n+]1ccc(SCC2=C(C(=O)OC(c3ccccc3)c3ccccc3)N3C(=O)C(NC(=O)C(=CC(=O)OC(C)(C)C)c4csc(NC(c5ccccc5)(c5ccccc5)c5ccccc5)n4)[C@H]3SC2)cc1.[Cl-]. The summed E-state index contributed by atoms with van der Waals surface area (Å²) in [4.78, 5) is 65.0. The lowest BCUT2D eigenvalue weighted by Crippen LogP contribution is -3.00. The third kappa shape index (κ3) is 11.4. The van der Waals surface area contributed by atoms with Crippen LogP contribution in [0.25, 0.3) is 5.57 Å². The highest BCUT2D eigenvalue weighted by atomic mass is 35.5. The minimum atomic E-state index is -1.04. The molecule has 1 unspecified atom stereocenters.